The molecule has 0 amide bonds. The van der Waals surface area contributed by atoms with E-state index in [1.807, 2.05) is 50.4 Å². The smallest absolute Gasteiger partial charge is 0.123 e. The van der Waals surface area contributed by atoms with Crippen LogP contribution in [0.25, 0.3) is 10.6 Å². The van der Waals surface area contributed by atoms with Crippen LogP contribution in [0.1, 0.15) is 32.5 Å². The summed E-state index contributed by atoms with van der Waals surface area (Å²) in [5, 5.41) is 3.01. The number of hydrogen-bond acceptors (Lipinski definition) is 4. The predicted octanol–water partition coefficient (Wildman–Crippen LogP) is 3.62. The van der Waals surface area contributed by atoms with Crippen molar-refractivity contribution in [1.29, 1.82) is 0 Å². The van der Waals surface area contributed by atoms with Gasteiger partial charge in [-0.1, -0.05) is 0 Å². The standard InChI is InChI=1S/C14H18N2OS/c1-9(2)17-12-6-4-11(5-7-12)14-16-13(8-18-14)10(3)15/h4-10H,15H2,1-3H3. The molecule has 96 valence electrons. The maximum atomic E-state index is 5.81. The molecule has 18 heavy (non-hydrogen) atoms. The highest BCUT2D eigenvalue weighted by Gasteiger charge is 2.08. The number of thiazole rings is 1. The van der Waals surface area contributed by atoms with Crippen LogP contribution in [0.5, 0.6) is 5.75 Å². The zero-order chi connectivity index (χ0) is 13.1. The van der Waals surface area contributed by atoms with Crippen molar-refractivity contribution in [2.24, 2.45) is 5.73 Å². The maximum absolute atomic E-state index is 5.81. The first-order chi connectivity index (χ1) is 8.56. The van der Waals surface area contributed by atoms with Gasteiger partial charge in [-0.2, -0.15) is 0 Å². The third-order valence-corrected chi connectivity index (χ3v) is 3.37. The lowest BCUT2D eigenvalue weighted by molar-refractivity contribution is 0.242. The Morgan fingerprint density at radius 3 is 2.33 bits per heavy atom. The first-order valence-electron chi connectivity index (χ1n) is 6.04. The van der Waals surface area contributed by atoms with Crippen molar-refractivity contribution in [1.82, 2.24) is 4.98 Å². The Kier molecular flexibility index (Phi) is 3.99. The molecule has 2 N–H and O–H groups in total. The first-order valence-corrected chi connectivity index (χ1v) is 6.92. The molecular weight excluding hydrogens is 244 g/mol. The fourth-order valence-electron chi connectivity index (χ4n) is 1.58. The molecule has 1 heterocycles. The Hall–Kier alpha value is -1.39. The minimum Gasteiger partial charge on any atom is -0.491 e. The first kappa shape index (κ1) is 13.1. The Balaban J connectivity index is 2.17. The number of benzene rings is 1. The van der Waals surface area contributed by atoms with E-state index < -0.39 is 0 Å². The van der Waals surface area contributed by atoms with E-state index in [0.29, 0.717) is 0 Å². The lowest BCUT2D eigenvalue weighted by atomic mass is 10.2. The molecule has 0 spiro atoms. The molecule has 1 unspecified atom stereocenters. The lowest BCUT2D eigenvalue weighted by Crippen LogP contribution is -2.05. The summed E-state index contributed by atoms with van der Waals surface area (Å²) in [4.78, 5) is 4.52. The SMILES string of the molecule is CC(C)Oc1ccc(-c2nc(C(C)N)cs2)cc1. The molecule has 1 atom stereocenters. The van der Waals surface area contributed by atoms with Crippen LogP contribution >= 0.6 is 11.3 Å². The fourth-order valence-corrected chi connectivity index (χ4v) is 2.51. The van der Waals surface area contributed by atoms with Gasteiger partial charge in [0.15, 0.2) is 0 Å². The molecule has 0 radical (unpaired) electrons. The van der Waals surface area contributed by atoms with Crippen molar-refractivity contribution in [3.05, 3.63) is 35.3 Å². The predicted molar refractivity (Wildman–Crippen MR) is 75.9 cm³/mol. The van der Waals surface area contributed by atoms with Gasteiger partial charge < -0.3 is 10.5 Å². The normalized spacial score (nSPS) is 12.7. The Morgan fingerprint density at radius 1 is 1.17 bits per heavy atom. The molecule has 0 bridgehead atoms. The summed E-state index contributed by atoms with van der Waals surface area (Å²) in [5.74, 6) is 0.887. The van der Waals surface area contributed by atoms with Gasteiger partial charge >= 0.3 is 0 Å². The third kappa shape index (κ3) is 3.09. The monoisotopic (exact) mass is 262 g/mol. The molecule has 4 heteroatoms. The highest BCUT2D eigenvalue weighted by molar-refractivity contribution is 7.13. The Bertz CT molecular complexity index is 503. The van der Waals surface area contributed by atoms with Gasteiger partial charge in [-0.05, 0) is 45.0 Å². The Labute approximate surface area is 112 Å². The second-order valence-electron chi connectivity index (χ2n) is 4.56. The molecular formula is C14H18N2OS. The topological polar surface area (TPSA) is 48.1 Å². The summed E-state index contributed by atoms with van der Waals surface area (Å²) in [6, 6.07) is 7.99. The summed E-state index contributed by atoms with van der Waals surface area (Å²) in [6.07, 6.45) is 0.195. The van der Waals surface area contributed by atoms with Crippen LogP contribution in [0.3, 0.4) is 0 Å². The van der Waals surface area contributed by atoms with E-state index in [9.17, 15) is 0 Å². The molecule has 1 aromatic carbocycles. The zero-order valence-electron chi connectivity index (χ0n) is 10.9. The van der Waals surface area contributed by atoms with Gasteiger partial charge in [0.1, 0.15) is 10.8 Å². The third-order valence-electron chi connectivity index (χ3n) is 2.46. The van der Waals surface area contributed by atoms with Crippen LogP contribution in [-0.4, -0.2) is 11.1 Å². The van der Waals surface area contributed by atoms with E-state index in [4.69, 9.17) is 10.5 Å². The minimum atomic E-state index is -0.0152. The second kappa shape index (κ2) is 5.50. The summed E-state index contributed by atoms with van der Waals surface area (Å²) >= 11 is 1.62. The van der Waals surface area contributed by atoms with Gasteiger partial charge in [-0.25, -0.2) is 4.98 Å². The van der Waals surface area contributed by atoms with Gasteiger partial charge in [0.2, 0.25) is 0 Å². The summed E-state index contributed by atoms with van der Waals surface area (Å²) in [5.41, 5.74) is 7.85. The van der Waals surface area contributed by atoms with E-state index in [1.165, 1.54) is 0 Å². The van der Waals surface area contributed by atoms with Crippen molar-refractivity contribution < 1.29 is 4.74 Å². The average molecular weight is 262 g/mol. The van der Waals surface area contributed by atoms with Crippen molar-refractivity contribution in [2.45, 2.75) is 32.9 Å². The quantitative estimate of drug-likeness (QED) is 0.915. The van der Waals surface area contributed by atoms with E-state index in [-0.39, 0.29) is 12.1 Å². The van der Waals surface area contributed by atoms with Crippen molar-refractivity contribution in [3.8, 4) is 16.3 Å². The van der Waals surface area contributed by atoms with Crippen molar-refractivity contribution in [3.63, 3.8) is 0 Å². The number of nitrogens with two attached hydrogens (primary N) is 1. The highest BCUT2D eigenvalue weighted by atomic mass is 32.1. The number of ether oxygens (including phenoxy) is 1. The molecule has 0 aliphatic heterocycles. The molecule has 3 nitrogen and oxygen atoms in total. The van der Waals surface area contributed by atoms with Gasteiger partial charge in [0.05, 0.1) is 11.8 Å². The lowest BCUT2D eigenvalue weighted by Gasteiger charge is -2.09. The molecule has 2 aromatic rings. The number of nitrogens with zero attached hydrogens (tertiary/aromatic N) is 1. The van der Waals surface area contributed by atoms with E-state index in [1.54, 1.807) is 11.3 Å². The zero-order valence-corrected chi connectivity index (χ0v) is 11.7. The van der Waals surface area contributed by atoms with Crippen LogP contribution < -0.4 is 10.5 Å². The number of aromatic nitrogens is 1. The fraction of sp³-hybridized carbons (Fsp3) is 0.357. The Morgan fingerprint density at radius 2 is 1.83 bits per heavy atom. The number of hydrogen-bond donors (Lipinski definition) is 1. The molecule has 1 aromatic heterocycles. The largest absolute Gasteiger partial charge is 0.491 e. The van der Waals surface area contributed by atoms with Crippen LogP contribution in [0, 0.1) is 0 Å². The van der Waals surface area contributed by atoms with Crippen LogP contribution in [0.2, 0.25) is 0 Å². The molecule has 0 saturated carbocycles. The van der Waals surface area contributed by atoms with Gasteiger partial charge in [0.25, 0.3) is 0 Å². The average Bonchev–Trinajstić information content (AvgIpc) is 2.78. The van der Waals surface area contributed by atoms with Gasteiger partial charge in [-0.15, -0.1) is 11.3 Å². The molecule has 0 aliphatic rings. The molecule has 2 rings (SSSR count). The van der Waals surface area contributed by atoms with E-state index in [2.05, 4.69) is 4.98 Å². The van der Waals surface area contributed by atoms with Crippen molar-refractivity contribution >= 4 is 11.3 Å². The van der Waals surface area contributed by atoms with Crippen LogP contribution in [0.15, 0.2) is 29.6 Å². The van der Waals surface area contributed by atoms with Gasteiger partial charge in [0, 0.05) is 17.0 Å². The molecule has 0 aliphatic carbocycles. The molecule has 0 saturated heterocycles. The van der Waals surface area contributed by atoms with Crippen molar-refractivity contribution in [2.75, 3.05) is 0 Å². The highest BCUT2D eigenvalue weighted by Crippen LogP contribution is 2.27. The van der Waals surface area contributed by atoms with E-state index >= 15 is 0 Å². The minimum absolute atomic E-state index is 0.0152. The second-order valence-corrected chi connectivity index (χ2v) is 5.42. The molecule has 0 fully saturated rings. The summed E-state index contributed by atoms with van der Waals surface area (Å²) < 4.78 is 5.61. The van der Waals surface area contributed by atoms with Gasteiger partial charge in [-0.3, -0.25) is 0 Å². The maximum Gasteiger partial charge on any atom is 0.123 e. The van der Waals surface area contributed by atoms with Crippen LogP contribution in [-0.2, 0) is 0 Å². The van der Waals surface area contributed by atoms with E-state index in [0.717, 1.165) is 22.0 Å². The summed E-state index contributed by atoms with van der Waals surface area (Å²) in [6.45, 7) is 5.98. The number of rotatable bonds is 4. The summed E-state index contributed by atoms with van der Waals surface area (Å²) in [7, 11) is 0. The van der Waals surface area contributed by atoms with Crippen LogP contribution in [0.4, 0.5) is 0 Å².